The van der Waals surface area contributed by atoms with Gasteiger partial charge in [0.05, 0.1) is 0 Å². The maximum atomic E-state index is 2.39. The van der Waals surface area contributed by atoms with Crippen LogP contribution in [0.25, 0.3) is 10.8 Å². The Kier molecular flexibility index (Phi) is 7.49. The molecule has 0 spiro atoms. The molecule has 120 valence electrons. The molecule has 0 unspecified atom stereocenters. The second-order valence-electron chi connectivity index (χ2n) is 6.64. The average molecular weight is 296 g/mol. The van der Waals surface area contributed by atoms with E-state index in [-0.39, 0.29) is 0 Å². The van der Waals surface area contributed by atoms with Crippen LogP contribution in [0.2, 0.25) is 0 Å². The maximum absolute atomic E-state index is 2.39. The SMILES string of the molecule is CCCCCCc1ccc2cc(CCCCCC)ccc2c1. The second-order valence-corrected chi connectivity index (χ2v) is 6.64. The van der Waals surface area contributed by atoms with Gasteiger partial charge in [0.15, 0.2) is 0 Å². The number of aryl methyl sites for hydroxylation is 2. The van der Waals surface area contributed by atoms with Crippen LogP contribution in [0.15, 0.2) is 36.4 Å². The van der Waals surface area contributed by atoms with Crippen molar-refractivity contribution in [1.82, 2.24) is 0 Å². The Balaban J connectivity index is 1.93. The van der Waals surface area contributed by atoms with E-state index < -0.39 is 0 Å². The van der Waals surface area contributed by atoms with Crippen molar-refractivity contribution in [3.63, 3.8) is 0 Å². The van der Waals surface area contributed by atoms with Crippen LogP contribution >= 0.6 is 0 Å². The van der Waals surface area contributed by atoms with E-state index in [0.717, 1.165) is 0 Å². The molecule has 0 bridgehead atoms. The first-order valence-electron chi connectivity index (χ1n) is 9.35. The normalized spacial score (nSPS) is 11.2. The Morgan fingerprint density at radius 2 is 1.00 bits per heavy atom. The second kappa shape index (κ2) is 9.66. The lowest BCUT2D eigenvalue weighted by Gasteiger charge is -2.07. The summed E-state index contributed by atoms with van der Waals surface area (Å²) in [6.07, 6.45) is 13.2. The highest BCUT2D eigenvalue weighted by Crippen LogP contribution is 2.20. The van der Waals surface area contributed by atoms with E-state index in [1.807, 2.05) is 0 Å². The zero-order valence-corrected chi connectivity index (χ0v) is 14.5. The molecule has 0 aliphatic heterocycles. The summed E-state index contributed by atoms with van der Waals surface area (Å²) in [7, 11) is 0. The molecule has 0 heteroatoms. The van der Waals surface area contributed by atoms with Crippen LogP contribution in [0.5, 0.6) is 0 Å². The Labute approximate surface area is 136 Å². The molecular weight excluding hydrogens is 264 g/mol. The van der Waals surface area contributed by atoms with Crippen LogP contribution < -0.4 is 0 Å². The number of unbranched alkanes of at least 4 members (excludes halogenated alkanes) is 6. The predicted molar refractivity (Wildman–Crippen MR) is 99.6 cm³/mol. The first-order valence-corrected chi connectivity index (χ1v) is 9.35. The lowest BCUT2D eigenvalue weighted by Crippen LogP contribution is -1.89. The predicted octanol–water partition coefficient (Wildman–Crippen LogP) is 7.09. The van der Waals surface area contributed by atoms with Gasteiger partial charge in [-0.15, -0.1) is 0 Å². The molecule has 2 aromatic rings. The molecule has 22 heavy (non-hydrogen) atoms. The minimum atomic E-state index is 1.23. The fourth-order valence-electron chi connectivity index (χ4n) is 3.17. The Bertz CT molecular complexity index is 502. The molecular formula is C22H32. The van der Waals surface area contributed by atoms with Gasteiger partial charge in [-0.3, -0.25) is 0 Å². The maximum Gasteiger partial charge on any atom is -0.0181 e. The molecule has 0 radical (unpaired) electrons. The van der Waals surface area contributed by atoms with Gasteiger partial charge in [-0.05, 0) is 47.6 Å². The topological polar surface area (TPSA) is 0 Å². The van der Waals surface area contributed by atoms with Crippen molar-refractivity contribution in [2.75, 3.05) is 0 Å². The molecule has 0 atom stereocenters. The lowest BCUT2D eigenvalue weighted by atomic mass is 9.99. The minimum Gasteiger partial charge on any atom is -0.0654 e. The van der Waals surface area contributed by atoms with E-state index in [9.17, 15) is 0 Å². The van der Waals surface area contributed by atoms with Gasteiger partial charge in [0.1, 0.15) is 0 Å². The largest absolute Gasteiger partial charge is 0.0654 e. The third kappa shape index (κ3) is 5.48. The van der Waals surface area contributed by atoms with Crippen LogP contribution in [0, 0.1) is 0 Å². The zero-order chi connectivity index (χ0) is 15.6. The summed E-state index contributed by atoms with van der Waals surface area (Å²) in [6.45, 7) is 4.55. The molecule has 0 saturated carbocycles. The van der Waals surface area contributed by atoms with Crippen LogP contribution in [0.4, 0.5) is 0 Å². The molecule has 0 aromatic heterocycles. The molecule has 0 nitrogen and oxygen atoms in total. The first-order chi connectivity index (χ1) is 10.8. The molecule has 0 fully saturated rings. The van der Waals surface area contributed by atoms with Crippen molar-refractivity contribution in [3.8, 4) is 0 Å². The Morgan fingerprint density at radius 1 is 0.545 bits per heavy atom. The van der Waals surface area contributed by atoms with Gasteiger partial charge in [-0.25, -0.2) is 0 Å². The summed E-state index contributed by atoms with van der Waals surface area (Å²) in [4.78, 5) is 0. The van der Waals surface area contributed by atoms with Crippen molar-refractivity contribution in [1.29, 1.82) is 0 Å². The van der Waals surface area contributed by atoms with E-state index in [4.69, 9.17) is 0 Å². The van der Waals surface area contributed by atoms with Crippen molar-refractivity contribution in [2.45, 2.75) is 78.1 Å². The fourth-order valence-corrected chi connectivity index (χ4v) is 3.17. The summed E-state index contributed by atoms with van der Waals surface area (Å²) < 4.78 is 0. The Morgan fingerprint density at radius 3 is 1.41 bits per heavy atom. The molecule has 0 aliphatic rings. The van der Waals surface area contributed by atoms with Crippen molar-refractivity contribution in [2.24, 2.45) is 0 Å². The van der Waals surface area contributed by atoms with E-state index in [1.165, 1.54) is 86.1 Å². The fraction of sp³-hybridized carbons (Fsp3) is 0.545. The van der Waals surface area contributed by atoms with Gasteiger partial charge < -0.3 is 0 Å². The average Bonchev–Trinajstić information content (AvgIpc) is 2.55. The van der Waals surface area contributed by atoms with Crippen LogP contribution in [0.1, 0.15) is 76.3 Å². The van der Waals surface area contributed by atoms with Gasteiger partial charge in [0.25, 0.3) is 0 Å². The third-order valence-electron chi connectivity index (χ3n) is 4.61. The van der Waals surface area contributed by atoms with Gasteiger partial charge in [0.2, 0.25) is 0 Å². The number of hydrogen-bond acceptors (Lipinski definition) is 0. The van der Waals surface area contributed by atoms with Gasteiger partial charge in [-0.2, -0.15) is 0 Å². The summed E-state index contributed by atoms with van der Waals surface area (Å²) in [6, 6.07) is 14.1. The molecule has 2 rings (SSSR count). The van der Waals surface area contributed by atoms with E-state index in [0.29, 0.717) is 0 Å². The number of fused-ring (bicyclic) bond motifs is 1. The third-order valence-corrected chi connectivity index (χ3v) is 4.61. The van der Waals surface area contributed by atoms with E-state index >= 15 is 0 Å². The number of hydrogen-bond donors (Lipinski definition) is 0. The minimum absolute atomic E-state index is 1.23. The van der Waals surface area contributed by atoms with E-state index in [1.54, 1.807) is 0 Å². The van der Waals surface area contributed by atoms with Crippen molar-refractivity contribution in [3.05, 3.63) is 47.5 Å². The summed E-state index contributed by atoms with van der Waals surface area (Å²) in [5.74, 6) is 0. The number of benzene rings is 2. The summed E-state index contributed by atoms with van der Waals surface area (Å²) in [5, 5.41) is 2.82. The van der Waals surface area contributed by atoms with Gasteiger partial charge >= 0.3 is 0 Å². The standard InChI is InChI=1S/C22H32/c1-3-5-7-9-11-19-13-15-22-18-20(12-10-8-6-4-2)14-16-21(22)17-19/h13-18H,3-12H2,1-2H3. The molecule has 0 heterocycles. The first kappa shape index (κ1) is 17.1. The Hall–Kier alpha value is -1.30. The van der Waals surface area contributed by atoms with Crippen molar-refractivity contribution >= 4 is 10.8 Å². The smallest absolute Gasteiger partial charge is 0.0181 e. The van der Waals surface area contributed by atoms with E-state index in [2.05, 4.69) is 50.2 Å². The summed E-state index contributed by atoms with van der Waals surface area (Å²) in [5.41, 5.74) is 3.00. The molecule has 0 saturated heterocycles. The highest BCUT2D eigenvalue weighted by Gasteiger charge is 2.00. The molecule has 0 N–H and O–H groups in total. The molecule has 2 aromatic carbocycles. The van der Waals surface area contributed by atoms with Crippen molar-refractivity contribution < 1.29 is 0 Å². The zero-order valence-electron chi connectivity index (χ0n) is 14.5. The van der Waals surface area contributed by atoms with Gasteiger partial charge in [-0.1, -0.05) is 88.8 Å². The molecule has 0 aliphatic carbocycles. The van der Waals surface area contributed by atoms with Crippen LogP contribution in [-0.4, -0.2) is 0 Å². The highest BCUT2D eigenvalue weighted by molar-refractivity contribution is 5.83. The van der Waals surface area contributed by atoms with Gasteiger partial charge in [0, 0.05) is 0 Å². The quantitative estimate of drug-likeness (QED) is 0.411. The van der Waals surface area contributed by atoms with Crippen LogP contribution in [-0.2, 0) is 12.8 Å². The highest BCUT2D eigenvalue weighted by atomic mass is 14.1. The molecule has 0 amide bonds. The monoisotopic (exact) mass is 296 g/mol. The summed E-state index contributed by atoms with van der Waals surface area (Å²) >= 11 is 0. The lowest BCUT2D eigenvalue weighted by molar-refractivity contribution is 0.667. The van der Waals surface area contributed by atoms with Crippen LogP contribution in [0.3, 0.4) is 0 Å². The number of rotatable bonds is 10.